The molecule has 1 aromatic rings. The molecule has 15 heavy (non-hydrogen) atoms. The average Bonchev–Trinajstić information content (AvgIpc) is 2.21. The maximum Gasteiger partial charge on any atom is 0.202 e. The molecule has 0 bridgehead atoms. The molecular formula is C10H11FN4. The first-order valence-corrected chi connectivity index (χ1v) is 4.42. The number of nitriles is 1. The van der Waals surface area contributed by atoms with Gasteiger partial charge >= 0.3 is 0 Å². The third-order valence-electron chi connectivity index (χ3n) is 1.78. The highest BCUT2D eigenvalue weighted by Crippen LogP contribution is 2.03. The molecule has 0 saturated carbocycles. The largest absolute Gasteiger partial charge is 0.369 e. The van der Waals surface area contributed by atoms with E-state index in [4.69, 9.17) is 11.0 Å². The van der Waals surface area contributed by atoms with Crippen molar-refractivity contribution in [1.29, 1.82) is 5.26 Å². The summed E-state index contributed by atoms with van der Waals surface area (Å²) in [5.74, 6) is -0.160. The van der Waals surface area contributed by atoms with E-state index in [0.29, 0.717) is 13.0 Å². The third kappa shape index (κ3) is 4.09. The number of halogens is 1. The second-order valence-electron chi connectivity index (χ2n) is 2.88. The van der Waals surface area contributed by atoms with E-state index in [1.54, 1.807) is 18.3 Å². The van der Waals surface area contributed by atoms with Crippen LogP contribution < -0.4 is 11.1 Å². The number of hydrogen-bond donors (Lipinski definition) is 2. The molecule has 0 heterocycles. The number of nitrogens with zero attached hydrogens (tertiary/aromatic N) is 2. The Morgan fingerprint density at radius 1 is 1.47 bits per heavy atom. The number of hydrogen-bond acceptors (Lipinski definition) is 2. The Hall–Kier alpha value is -2.09. The van der Waals surface area contributed by atoms with Gasteiger partial charge in [0.15, 0.2) is 6.19 Å². The second-order valence-corrected chi connectivity index (χ2v) is 2.88. The minimum absolute atomic E-state index is 0.0969. The van der Waals surface area contributed by atoms with Crippen LogP contribution in [-0.4, -0.2) is 12.5 Å². The fraction of sp³-hybridized carbons (Fsp3) is 0.200. The first kappa shape index (κ1) is 11.0. The van der Waals surface area contributed by atoms with Gasteiger partial charge in [-0.3, -0.25) is 10.3 Å². The molecule has 0 spiro atoms. The monoisotopic (exact) mass is 206 g/mol. The van der Waals surface area contributed by atoms with Gasteiger partial charge in [-0.05, 0) is 24.1 Å². The summed E-state index contributed by atoms with van der Waals surface area (Å²) in [5, 5.41) is 10.4. The molecule has 4 nitrogen and oxygen atoms in total. The van der Waals surface area contributed by atoms with Crippen LogP contribution in [0.5, 0.6) is 0 Å². The molecule has 5 heteroatoms. The molecule has 1 rings (SSSR count). The summed E-state index contributed by atoms with van der Waals surface area (Å²) < 4.78 is 12.5. The van der Waals surface area contributed by atoms with Crippen molar-refractivity contribution in [3.05, 3.63) is 35.6 Å². The van der Waals surface area contributed by atoms with Gasteiger partial charge < -0.3 is 5.73 Å². The van der Waals surface area contributed by atoms with E-state index in [9.17, 15) is 4.39 Å². The highest BCUT2D eigenvalue weighted by atomic mass is 19.1. The molecule has 0 aliphatic carbocycles. The molecule has 1 aromatic carbocycles. The maximum absolute atomic E-state index is 12.5. The van der Waals surface area contributed by atoms with Crippen molar-refractivity contribution in [2.75, 3.05) is 6.54 Å². The predicted molar refractivity (Wildman–Crippen MR) is 55.3 cm³/mol. The van der Waals surface area contributed by atoms with Gasteiger partial charge in [0.2, 0.25) is 5.96 Å². The van der Waals surface area contributed by atoms with Gasteiger partial charge in [-0.1, -0.05) is 12.1 Å². The first-order valence-electron chi connectivity index (χ1n) is 4.42. The van der Waals surface area contributed by atoms with Crippen LogP contribution in [0.15, 0.2) is 29.3 Å². The summed E-state index contributed by atoms with van der Waals surface area (Å²) in [7, 11) is 0. The van der Waals surface area contributed by atoms with Gasteiger partial charge in [-0.25, -0.2) is 4.39 Å². The molecule has 0 amide bonds. The Morgan fingerprint density at radius 2 is 2.13 bits per heavy atom. The van der Waals surface area contributed by atoms with Crippen molar-refractivity contribution in [2.45, 2.75) is 6.42 Å². The summed E-state index contributed by atoms with van der Waals surface area (Å²) in [6.07, 6.45) is 2.33. The average molecular weight is 206 g/mol. The van der Waals surface area contributed by atoms with E-state index in [0.717, 1.165) is 5.56 Å². The van der Waals surface area contributed by atoms with E-state index in [-0.39, 0.29) is 11.8 Å². The highest BCUT2D eigenvalue weighted by Gasteiger charge is 1.93. The third-order valence-corrected chi connectivity index (χ3v) is 1.78. The summed E-state index contributed by atoms with van der Waals surface area (Å²) in [6.45, 7) is 0.464. The van der Waals surface area contributed by atoms with Crippen molar-refractivity contribution in [3.8, 4) is 6.19 Å². The minimum atomic E-state index is -0.257. The molecule has 0 saturated heterocycles. The zero-order chi connectivity index (χ0) is 11.1. The summed E-state index contributed by atoms with van der Waals surface area (Å²) in [6, 6.07) is 6.18. The molecule has 78 valence electrons. The van der Waals surface area contributed by atoms with E-state index >= 15 is 0 Å². The van der Waals surface area contributed by atoms with Crippen LogP contribution >= 0.6 is 0 Å². The minimum Gasteiger partial charge on any atom is -0.369 e. The van der Waals surface area contributed by atoms with Crippen LogP contribution in [0.3, 0.4) is 0 Å². The molecule has 0 atom stereocenters. The van der Waals surface area contributed by atoms with Crippen molar-refractivity contribution >= 4 is 5.96 Å². The van der Waals surface area contributed by atoms with Crippen molar-refractivity contribution in [1.82, 2.24) is 5.32 Å². The zero-order valence-electron chi connectivity index (χ0n) is 8.07. The summed E-state index contributed by atoms with van der Waals surface area (Å²) in [4.78, 5) is 3.90. The Labute approximate surface area is 87.2 Å². The molecule has 3 N–H and O–H groups in total. The molecular weight excluding hydrogens is 195 g/mol. The number of nitrogens with two attached hydrogens (primary N) is 1. The Bertz CT molecular complexity index is 377. The second kappa shape index (κ2) is 5.60. The molecule has 0 aromatic heterocycles. The van der Waals surface area contributed by atoms with Crippen molar-refractivity contribution in [3.63, 3.8) is 0 Å². The lowest BCUT2D eigenvalue weighted by molar-refractivity contribution is 0.627. The van der Waals surface area contributed by atoms with E-state index in [1.807, 2.05) is 0 Å². The van der Waals surface area contributed by atoms with Gasteiger partial charge in [-0.2, -0.15) is 5.26 Å². The van der Waals surface area contributed by atoms with Gasteiger partial charge in [0.05, 0.1) is 0 Å². The van der Waals surface area contributed by atoms with E-state index in [1.165, 1.54) is 12.1 Å². The van der Waals surface area contributed by atoms with Crippen molar-refractivity contribution in [2.24, 2.45) is 10.7 Å². The normalized spacial score (nSPS) is 10.8. The van der Waals surface area contributed by atoms with E-state index < -0.39 is 0 Å². The summed E-state index contributed by atoms with van der Waals surface area (Å²) >= 11 is 0. The topological polar surface area (TPSA) is 74.2 Å². The lowest BCUT2D eigenvalue weighted by Crippen LogP contribution is -2.27. The van der Waals surface area contributed by atoms with Crippen molar-refractivity contribution < 1.29 is 4.39 Å². The smallest absolute Gasteiger partial charge is 0.202 e. The van der Waals surface area contributed by atoms with Gasteiger partial charge in [0.25, 0.3) is 0 Å². The van der Waals surface area contributed by atoms with Crippen LogP contribution in [0, 0.1) is 17.3 Å². The summed E-state index contributed by atoms with van der Waals surface area (Å²) in [5.41, 5.74) is 6.31. The van der Waals surface area contributed by atoms with E-state index in [2.05, 4.69) is 10.3 Å². The molecule has 0 fully saturated rings. The number of guanidine groups is 1. The number of nitrogens with one attached hydrogen (secondary N) is 1. The quantitative estimate of drug-likeness (QED) is 0.332. The molecule has 0 radical (unpaired) electrons. The molecule has 0 unspecified atom stereocenters. The number of benzene rings is 1. The van der Waals surface area contributed by atoms with Crippen LogP contribution in [-0.2, 0) is 6.42 Å². The fourth-order valence-electron chi connectivity index (χ4n) is 1.05. The standard InChI is InChI=1S/C10H11FN4/c11-9-3-1-8(2-4-9)5-6-14-10(13)15-7-12/h1-4H,5-6H2,(H3,13,14,15). The number of rotatable bonds is 3. The maximum atomic E-state index is 12.5. The van der Waals surface area contributed by atoms with Gasteiger partial charge in [-0.15, -0.1) is 0 Å². The van der Waals surface area contributed by atoms with Crippen LogP contribution in [0.4, 0.5) is 4.39 Å². The van der Waals surface area contributed by atoms with Gasteiger partial charge in [0.1, 0.15) is 5.82 Å². The van der Waals surface area contributed by atoms with Crippen LogP contribution in [0.2, 0.25) is 0 Å². The van der Waals surface area contributed by atoms with Crippen LogP contribution in [0.1, 0.15) is 5.56 Å². The fourth-order valence-corrected chi connectivity index (χ4v) is 1.05. The molecule has 0 aliphatic rings. The Morgan fingerprint density at radius 3 is 2.73 bits per heavy atom. The Balaban J connectivity index is 2.41. The predicted octanol–water partition coefficient (Wildman–Crippen LogP) is 0.754. The SMILES string of the molecule is N#CNC(N)=NCCc1ccc(F)cc1. The zero-order valence-corrected chi connectivity index (χ0v) is 8.07. The van der Waals surface area contributed by atoms with Gasteiger partial charge in [0, 0.05) is 6.54 Å². The van der Waals surface area contributed by atoms with Crippen LogP contribution in [0.25, 0.3) is 0 Å². The lowest BCUT2D eigenvalue weighted by Gasteiger charge is -1.99. The molecule has 0 aliphatic heterocycles. The Kier molecular flexibility index (Phi) is 4.10. The lowest BCUT2D eigenvalue weighted by atomic mass is 10.1. The first-order chi connectivity index (χ1) is 7.22. The number of aliphatic imine (C=N–C) groups is 1. The highest BCUT2D eigenvalue weighted by molar-refractivity contribution is 5.79.